The molecule has 1 heterocycles. The van der Waals surface area contributed by atoms with Gasteiger partial charge < -0.3 is 10.4 Å². The third-order valence-corrected chi connectivity index (χ3v) is 3.88. The van der Waals surface area contributed by atoms with E-state index in [0.29, 0.717) is 22.7 Å². The van der Waals surface area contributed by atoms with Crippen LogP contribution in [0.1, 0.15) is 30.5 Å². The van der Waals surface area contributed by atoms with Gasteiger partial charge in [-0.05, 0) is 29.5 Å². The molecule has 3 rings (SSSR count). The summed E-state index contributed by atoms with van der Waals surface area (Å²) in [6.45, 7) is 4.30. The van der Waals surface area contributed by atoms with Crippen LogP contribution >= 0.6 is 0 Å². The van der Waals surface area contributed by atoms with Crippen LogP contribution < -0.4 is 5.32 Å². The fourth-order valence-electron chi connectivity index (χ4n) is 2.92. The minimum absolute atomic E-state index is 0.384. The molecule has 1 unspecified atom stereocenters. The van der Waals surface area contributed by atoms with Gasteiger partial charge in [-0.3, -0.25) is 4.79 Å². The van der Waals surface area contributed by atoms with E-state index in [0.717, 1.165) is 12.0 Å². The Morgan fingerprint density at radius 3 is 2.67 bits per heavy atom. The Balaban J connectivity index is 2.09. The molecule has 2 N–H and O–H groups in total. The minimum Gasteiger partial charge on any atom is -0.372 e. The van der Waals surface area contributed by atoms with Crippen LogP contribution in [-0.2, 0) is 16.8 Å². The number of carbonyl (C=O) groups excluding carboxylic acids is 1. The number of benzene rings is 2. The van der Waals surface area contributed by atoms with E-state index in [4.69, 9.17) is 0 Å². The van der Waals surface area contributed by atoms with Crippen LogP contribution in [0, 0.1) is 5.92 Å². The van der Waals surface area contributed by atoms with E-state index in [1.54, 1.807) is 6.07 Å². The monoisotopic (exact) mass is 281 g/mol. The first kappa shape index (κ1) is 13.8. The van der Waals surface area contributed by atoms with Gasteiger partial charge >= 0.3 is 0 Å². The highest BCUT2D eigenvalue weighted by Crippen LogP contribution is 2.40. The number of hydrogen-bond acceptors (Lipinski definition) is 2. The Hall–Kier alpha value is -2.13. The predicted octanol–water partition coefficient (Wildman–Crippen LogP) is 3.07. The van der Waals surface area contributed by atoms with Gasteiger partial charge in [0.25, 0.3) is 5.91 Å². The normalized spacial score (nSPS) is 20.5. The van der Waals surface area contributed by atoms with Crippen LogP contribution in [0.25, 0.3) is 0 Å². The molecule has 108 valence electrons. The topological polar surface area (TPSA) is 49.3 Å². The van der Waals surface area contributed by atoms with Gasteiger partial charge in [0.1, 0.15) is 0 Å². The highest BCUT2D eigenvalue weighted by molar-refractivity contribution is 6.07. The van der Waals surface area contributed by atoms with Gasteiger partial charge in [-0.2, -0.15) is 0 Å². The number of anilines is 1. The van der Waals surface area contributed by atoms with E-state index < -0.39 is 5.60 Å². The molecule has 1 atom stereocenters. The standard InChI is InChI=1S/C18H19NO2/c1-12(2)10-13-6-5-7-14(11-13)18(21)15-8-3-4-9-16(15)19-17(18)20/h3-9,11-12,21H,10H2,1-2H3,(H,19,20). The van der Waals surface area contributed by atoms with Crippen LogP contribution in [0.4, 0.5) is 5.69 Å². The average Bonchev–Trinajstić information content (AvgIpc) is 2.72. The second-order valence-electron chi connectivity index (χ2n) is 6.01. The summed E-state index contributed by atoms with van der Waals surface area (Å²) in [5.41, 5.74) is 1.47. The van der Waals surface area contributed by atoms with Crippen molar-refractivity contribution < 1.29 is 9.90 Å². The van der Waals surface area contributed by atoms with Gasteiger partial charge in [0.15, 0.2) is 5.60 Å². The van der Waals surface area contributed by atoms with E-state index in [-0.39, 0.29) is 5.91 Å². The molecule has 0 saturated carbocycles. The van der Waals surface area contributed by atoms with E-state index in [1.807, 2.05) is 42.5 Å². The highest BCUT2D eigenvalue weighted by Gasteiger charge is 2.46. The SMILES string of the molecule is CC(C)Cc1cccc(C2(O)C(=O)Nc3ccccc32)c1. The summed E-state index contributed by atoms with van der Waals surface area (Å²) < 4.78 is 0. The molecule has 0 bridgehead atoms. The molecule has 0 radical (unpaired) electrons. The van der Waals surface area contributed by atoms with Crippen LogP contribution in [0.15, 0.2) is 48.5 Å². The molecular weight excluding hydrogens is 262 g/mol. The van der Waals surface area contributed by atoms with Gasteiger partial charge in [0.2, 0.25) is 0 Å². The van der Waals surface area contributed by atoms with Crippen molar-refractivity contribution in [2.24, 2.45) is 5.92 Å². The number of fused-ring (bicyclic) bond motifs is 1. The van der Waals surface area contributed by atoms with Crippen molar-refractivity contribution in [2.75, 3.05) is 5.32 Å². The predicted molar refractivity (Wildman–Crippen MR) is 83.1 cm³/mol. The zero-order valence-electron chi connectivity index (χ0n) is 12.3. The Bertz CT molecular complexity index is 693. The van der Waals surface area contributed by atoms with Crippen molar-refractivity contribution in [1.82, 2.24) is 0 Å². The molecule has 1 aliphatic heterocycles. The van der Waals surface area contributed by atoms with Gasteiger partial charge in [0.05, 0.1) is 0 Å². The Morgan fingerprint density at radius 2 is 1.90 bits per heavy atom. The maximum Gasteiger partial charge on any atom is 0.265 e. The quantitative estimate of drug-likeness (QED) is 0.908. The second-order valence-corrected chi connectivity index (χ2v) is 6.01. The lowest BCUT2D eigenvalue weighted by Gasteiger charge is -2.22. The number of nitrogens with one attached hydrogen (secondary N) is 1. The molecule has 1 amide bonds. The molecule has 21 heavy (non-hydrogen) atoms. The molecule has 3 heteroatoms. The van der Waals surface area contributed by atoms with E-state index in [9.17, 15) is 9.90 Å². The van der Waals surface area contributed by atoms with Crippen molar-refractivity contribution in [1.29, 1.82) is 0 Å². The molecule has 2 aromatic rings. The largest absolute Gasteiger partial charge is 0.372 e. The van der Waals surface area contributed by atoms with E-state index >= 15 is 0 Å². The lowest BCUT2D eigenvalue weighted by molar-refractivity contribution is -0.129. The maximum absolute atomic E-state index is 12.3. The summed E-state index contributed by atoms with van der Waals surface area (Å²) in [5, 5.41) is 13.8. The lowest BCUT2D eigenvalue weighted by atomic mass is 9.86. The number of aliphatic hydroxyl groups is 1. The Morgan fingerprint density at radius 1 is 1.14 bits per heavy atom. The first-order valence-electron chi connectivity index (χ1n) is 7.24. The molecular formula is C18H19NO2. The molecule has 0 aliphatic carbocycles. The van der Waals surface area contributed by atoms with E-state index in [1.165, 1.54) is 0 Å². The summed E-state index contributed by atoms with van der Waals surface area (Å²) >= 11 is 0. The minimum atomic E-state index is -1.59. The zero-order valence-corrected chi connectivity index (χ0v) is 12.3. The number of carbonyl (C=O) groups is 1. The number of amides is 1. The van der Waals surface area contributed by atoms with Crippen molar-refractivity contribution in [2.45, 2.75) is 25.9 Å². The van der Waals surface area contributed by atoms with Crippen LogP contribution in [0.3, 0.4) is 0 Å². The molecule has 0 saturated heterocycles. The maximum atomic E-state index is 12.3. The molecule has 3 nitrogen and oxygen atoms in total. The van der Waals surface area contributed by atoms with Gasteiger partial charge in [-0.25, -0.2) is 0 Å². The first-order valence-corrected chi connectivity index (χ1v) is 7.24. The number of para-hydroxylation sites is 1. The fourth-order valence-corrected chi connectivity index (χ4v) is 2.92. The smallest absolute Gasteiger partial charge is 0.265 e. The van der Waals surface area contributed by atoms with Gasteiger partial charge in [-0.1, -0.05) is 56.3 Å². The Kier molecular flexibility index (Phi) is 3.30. The summed E-state index contributed by atoms with van der Waals surface area (Å²) in [6, 6.07) is 15.0. The van der Waals surface area contributed by atoms with Crippen molar-refractivity contribution >= 4 is 11.6 Å². The third kappa shape index (κ3) is 2.24. The van der Waals surface area contributed by atoms with Crippen molar-refractivity contribution in [3.8, 4) is 0 Å². The van der Waals surface area contributed by atoms with Crippen molar-refractivity contribution in [3.63, 3.8) is 0 Å². The van der Waals surface area contributed by atoms with Gasteiger partial charge in [-0.15, -0.1) is 0 Å². The van der Waals surface area contributed by atoms with Crippen LogP contribution in [0.2, 0.25) is 0 Å². The molecule has 0 fully saturated rings. The highest BCUT2D eigenvalue weighted by atomic mass is 16.3. The number of rotatable bonds is 3. The summed E-state index contributed by atoms with van der Waals surface area (Å²) in [4.78, 5) is 12.3. The lowest BCUT2D eigenvalue weighted by Crippen LogP contribution is -2.35. The summed E-state index contributed by atoms with van der Waals surface area (Å²) in [7, 11) is 0. The summed E-state index contributed by atoms with van der Waals surface area (Å²) in [6.07, 6.45) is 0.924. The fraction of sp³-hybridized carbons (Fsp3) is 0.278. The molecule has 0 spiro atoms. The Labute approximate surface area is 124 Å². The molecule has 1 aliphatic rings. The third-order valence-electron chi connectivity index (χ3n) is 3.88. The summed E-state index contributed by atoms with van der Waals surface area (Å²) in [5.74, 6) is 0.144. The van der Waals surface area contributed by atoms with Crippen LogP contribution in [0.5, 0.6) is 0 Å². The number of hydrogen-bond donors (Lipinski definition) is 2. The van der Waals surface area contributed by atoms with Crippen molar-refractivity contribution in [3.05, 3.63) is 65.2 Å². The van der Waals surface area contributed by atoms with Crippen LogP contribution in [-0.4, -0.2) is 11.0 Å². The van der Waals surface area contributed by atoms with E-state index in [2.05, 4.69) is 19.2 Å². The zero-order chi connectivity index (χ0) is 15.0. The first-order chi connectivity index (χ1) is 10.0. The molecule has 0 aromatic heterocycles. The van der Waals surface area contributed by atoms with Gasteiger partial charge in [0, 0.05) is 11.3 Å². The molecule has 2 aromatic carbocycles. The second kappa shape index (κ2) is 5.01. The average molecular weight is 281 g/mol.